The average molecular weight is 693 g/mol. The first-order valence-corrected chi connectivity index (χ1v) is 22.9. The fourth-order valence-corrected chi connectivity index (χ4v) is 15.3. The van der Waals surface area contributed by atoms with Crippen LogP contribution in [0.1, 0.15) is 169 Å². The summed E-state index contributed by atoms with van der Waals surface area (Å²) >= 11 is 0. The van der Waals surface area contributed by atoms with Crippen molar-refractivity contribution in [2.45, 2.75) is 217 Å². The molecule has 4 nitrogen and oxygen atoms in total. The summed E-state index contributed by atoms with van der Waals surface area (Å²) in [5.74, 6) is 8.62. The van der Waals surface area contributed by atoms with E-state index in [0.717, 1.165) is 95.4 Å². The highest BCUT2D eigenvalue weighted by Crippen LogP contribution is 2.63. The minimum Gasteiger partial charge on any atom is -0.381 e. The highest BCUT2D eigenvalue weighted by atomic mass is 16.5. The Hall–Kier alpha value is -0.160. The first-order valence-electron chi connectivity index (χ1n) is 22.9. The monoisotopic (exact) mass is 693 g/mol. The van der Waals surface area contributed by atoms with E-state index in [4.69, 9.17) is 9.47 Å². The van der Waals surface area contributed by atoms with Gasteiger partial charge in [0, 0.05) is 50.5 Å². The predicted octanol–water partition coefficient (Wildman–Crippen LogP) is 10.8. The zero-order valence-electron chi connectivity index (χ0n) is 33.7. The van der Waals surface area contributed by atoms with Gasteiger partial charge in [0.2, 0.25) is 0 Å². The van der Waals surface area contributed by atoms with Gasteiger partial charge in [-0.3, -0.25) is 9.80 Å². The van der Waals surface area contributed by atoms with Gasteiger partial charge < -0.3 is 9.47 Å². The van der Waals surface area contributed by atoms with Crippen LogP contribution in [0.4, 0.5) is 0 Å². The molecule has 0 N–H and O–H groups in total. The van der Waals surface area contributed by atoms with Crippen LogP contribution in [-0.2, 0) is 9.47 Å². The first kappa shape index (κ1) is 36.8. The Balaban J connectivity index is 1.13. The molecular formula is C46H80N2O2. The van der Waals surface area contributed by atoms with E-state index in [2.05, 4.69) is 51.7 Å². The van der Waals surface area contributed by atoms with E-state index in [0.29, 0.717) is 12.2 Å². The van der Waals surface area contributed by atoms with E-state index in [-0.39, 0.29) is 0 Å². The van der Waals surface area contributed by atoms with Crippen molar-refractivity contribution in [1.29, 1.82) is 0 Å². The Morgan fingerprint density at radius 1 is 0.340 bits per heavy atom. The summed E-state index contributed by atoms with van der Waals surface area (Å²) in [5, 5.41) is 0. The standard InChI is InChI=1S/C46H80N2O2/c1-29-7-15-33(16-8-29)47(34-17-9-30(2)10-18-34)41-27-43(49-5)39-26-24-38-42(28-44(50-6)40-25-23-37(41)45(39)46(38)40)48(35-19-11-31(3)12-20-35)36-21-13-32(4)14-22-36/h29-46H,7-28H2,1-6H3. The van der Waals surface area contributed by atoms with Gasteiger partial charge in [0.05, 0.1) is 12.2 Å². The van der Waals surface area contributed by atoms with Crippen LogP contribution in [0, 0.1) is 59.2 Å². The smallest absolute Gasteiger partial charge is 0.0617 e. The van der Waals surface area contributed by atoms with Crippen LogP contribution in [0.15, 0.2) is 0 Å². The van der Waals surface area contributed by atoms with E-state index in [9.17, 15) is 0 Å². The normalized spacial score (nSPS) is 51.4. The van der Waals surface area contributed by atoms with E-state index in [1.807, 2.05) is 0 Å². The summed E-state index contributed by atoms with van der Waals surface area (Å²) < 4.78 is 13.4. The molecule has 4 heteroatoms. The lowest BCUT2D eigenvalue weighted by Gasteiger charge is -2.66. The first-order chi connectivity index (χ1) is 24.3. The average Bonchev–Trinajstić information content (AvgIpc) is 3.14. The van der Waals surface area contributed by atoms with Crippen molar-refractivity contribution in [3.63, 3.8) is 0 Å². The lowest BCUT2D eigenvalue weighted by atomic mass is 9.45. The highest BCUT2D eigenvalue weighted by molar-refractivity contribution is 5.13. The van der Waals surface area contributed by atoms with E-state index >= 15 is 0 Å². The van der Waals surface area contributed by atoms with Crippen LogP contribution in [0.2, 0.25) is 0 Å². The third kappa shape index (κ3) is 7.07. The fourth-order valence-electron chi connectivity index (χ4n) is 15.3. The molecule has 0 aliphatic heterocycles. The molecule has 8 rings (SSSR count). The summed E-state index contributed by atoms with van der Waals surface area (Å²) in [7, 11) is 4.20. The molecule has 0 aromatic heterocycles. The zero-order valence-corrected chi connectivity index (χ0v) is 33.7. The Bertz CT molecular complexity index is 938. The molecule has 0 heterocycles. The van der Waals surface area contributed by atoms with E-state index in [1.165, 1.54) is 141 Å². The van der Waals surface area contributed by atoms with Crippen LogP contribution in [-0.4, -0.2) is 72.5 Å². The minimum atomic E-state index is 0.450. The van der Waals surface area contributed by atoms with Gasteiger partial charge in [-0.2, -0.15) is 0 Å². The van der Waals surface area contributed by atoms with Gasteiger partial charge in [-0.1, -0.05) is 27.7 Å². The van der Waals surface area contributed by atoms with Gasteiger partial charge in [-0.25, -0.2) is 0 Å². The summed E-state index contributed by atoms with van der Waals surface area (Å²) in [5.41, 5.74) is 0. The number of rotatable bonds is 8. The summed E-state index contributed by atoms with van der Waals surface area (Å²) in [6, 6.07) is 4.70. The van der Waals surface area contributed by atoms with Crippen molar-refractivity contribution in [2.24, 2.45) is 59.2 Å². The Morgan fingerprint density at radius 2 is 0.600 bits per heavy atom. The Kier molecular flexibility index (Phi) is 11.7. The molecule has 0 bridgehead atoms. The van der Waals surface area contributed by atoms with Crippen LogP contribution >= 0.6 is 0 Å². The molecule has 0 amide bonds. The summed E-state index contributed by atoms with van der Waals surface area (Å²) in [4.78, 5) is 6.59. The SMILES string of the molecule is COC1CC(N(C2CCC(C)CC2)C2CCC(C)CC2)C2CCC3C(OC)CC(N(C4CCC(C)CC4)C4CCC(C)CC4)C4CCC1C2C34. The second-order valence-corrected chi connectivity index (χ2v) is 20.7. The quantitative estimate of drug-likeness (QED) is 0.253. The summed E-state index contributed by atoms with van der Waals surface area (Å²) in [6.45, 7) is 10.1. The van der Waals surface area contributed by atoms with E-state index in [1.54, 1.807) is 0 Å². The highest BCUT2D eigenvalue weighted by Gasteiger charge is 2.62. The van der Waals surface area contributed by atoms with Crippen LogP contribution in [0.3, 0.4) is 0 Å². The van der Waals surface area contributed by atoms with Crippen LogP contribution < -0.4 is 0 Å². The molecule has 0 aromatic rings. The fraction of sp³-hybridized carbons (Fsp3) is 1.00. The maximum atomic E-state index is 6.71. The molecule has 0 spiro atoms. The van der Waals surface area contributed by atoms with Crippen LogP contribution in [0.25, 0.3) is 0 Å². The largest absolute Gasteiger partial charge is 0.381 e. The second-order valence-electron chi connectivity index (χ2n) is 20.7. The molecule has 10 atom stereocenters. The van der Waals surface area contributed by atoms with Gasteiger partial charge in [-0.15, -0.1) is 0 Å². The van der Waals surface area contributed by atoms with Crippen molar-refractivity contribution in [3.05, 3.63) is 0 Å². The molecule has 0 saturated heterocycles. The lowest BCUT2D eigenvalue weighted by molar-refractivity contribution is -0.205. The molecule has 286 valence electrons. The number of ether oxygens (including phenoxy) is 2. The molecule has 10 unspecified atom stereocenters. The topological polar surface area (TPSA) is 24.9 Å². The van der Waals surface area contributed by atoms with Crippen molar-refractivity contribution < 1.29 is 9.47 Å². The molecule has 8 aliphatic carbocycles. The minimum absolute atomic E-state index is 0.450. The number of nitrogens with zero attached hydrogens (tertiary/aromatic N) is 2. The van der Waals surface area contributed by atoms with Gasteiger partial charge in [0.15, 0.2) is 0 Å². The van der Waals surface area contributed by atoms with Crippen molar-refractivity contribution in [3.8, 4) is 0 Å². The molecule has 0 radical (unpaired) electrons. The second kappa shape index (κ2) is 15.9. The third-order valence-corrected chi connectivity index (χ3v) is 18.0. The van der Waals surface area contributed by atoms with Crippen molar-refractivity contribution >= 4 is 0 Å². The molecule has 0 aromatic carbocycles. The van der Waals surface area contributed by atoms with E-state index < -0.39 is 0 Å². The van der Waals surface area contributed by atoms with Crippen molar-refractivity contribution in [2.75, 3.05) is 14.2 Å². The van der Waals surface area contributed by atoms with Crippen molar-refractivity contribution in [1.82, 2.24) is 9.80 Å². The predicted molar refractivity (Wildman–Crippen MR) is 207 cm³/mol. The number of hydrogen-bond acceptors (Lipinski definition) is 4. The van der Waals surface area contributed by atoms with Gasteiger partial charge >= 0.3 is 0 Å². The lowest BCUT2D eigenvalue weighted by Crippen LogP contribution is -2.68. The number of methoxy groups -OCH3 is 2. The molecule has 50 heavy (non-hydrogen) atoms. The molecule has 8 fully saturated rings. The van der Waals surface area contributed by atoms with Crippen LogP contribution in [0.5, 0.6) is 0 Å². The Morgan fingerprint density at radius 3 is 0.860 bits per heavy atom. The summed E-state index contributed by atoms with van der Waals surface area (Å²) in [6.07, 6.45) is 32.4. The maximum Gasteiger partial charge on any atom is 0.0617 e. The molecule has 8 aliphatic rings. The van der Waals surface area contributed by atoms with Gasteiger partial charge in [-0.05, 0) is 200 Å². The zero-order chi connectivity index (χ0) is 34.5. The maximum absolute atomic E-state index is 6.71. The third-order valence-electron chi connectivity index (χ3n) is 18.0. The van der Waals surface area contributed by atoms with Gasteiger partial charge in [0.1, 0.15) is 0 Å². The molecular weight excluding hydrogens is 613 g/mol. The van der Waals surface area contributed by atoms with Gasteiger partial charge in [0.25, 0.3) is 0 Å². The Labute approximate surface area is 309 Å². The number of hydrogen-bond donors (Lipinski definition) is 0. The molecule has 8 saturated carbocycles.